The molecule has 1 aromatic heterocycles. The molecule has 0 fully saturated rings. The first-order valence-electron chi connectivity index (χ1n) is 6.22. The van der Waals surface area contributed by atoms with Gasteiger partial charge in [0.15, 0.2) is 0 Å². The molecule has 2 atom stereocenters. The number of aliphatic hydroxyl groups is 1. The molecule has 4 heteroatoms. The van der Waals surface area contributed by atoms with Crippen LogP contribution in [0.4, 0.5) is 0 Å². The first kappa shape index (κ1) is 13.5. The molecule has 1 heterocycles. The number of H-pyrrole nitrogens is 1. The van der Waals surface area contributed by atoms with E-state index in [9.17, 15) is 5.11 Å². The predicted octanol–water partition coefficient (Wildman–Crippen LogP) is 2.60. The molecule has 2 aromatic rings. The monoisotopic (exact) mass is 264 g/mol. The van der Waals surface area contributed by atoms with E-state index in [0.717, 1.165) is 10.5 Å². The van der Waals surface area contributed by atoms with Crippen molar-refractivity contribution in [3.8, 4) is 0 Å². The minimum Gasteiger partial charge on any atom is -0.395 e. The Kier molecular flexibility index (Phi) is 4.32. The van der Waals surface area contributed by atoms with Gasteiger partial charge in [-0.3, -0.25) is 0 Å². The standard InChI is InChI=1S/C14H20N2OS/c1-9(2)14(15)12(8-17)18-13-7-10-5-3-4-6-11(10)16-13/h3-7,9,12,14,16-17H,8,15H2,1-2H3. The minimum absolute atomic E-state index is 0.00795. The Morgan fingerprint density at radius 2 is 2.06 bits per heavy atom. The highest BCUT2D eigenvalue weighted by atomic mass is 32.2. The van der Waals surface area contributed by atoms with Gasteiger partial charge >= 0.3 is 0 Å². The molecule has 0 saturated carbocycles. The Labute approximate surface area is 112 Å². The molecule has 18 heavy (non-hydrogen) atoms. The molecule has 2 unspecified atom stereocenters. The Bertz CT molecular complexity index is 476. The molecule has 3 nitrogen and oxygen atoms in total. The molecule has 0 radical (unpaired) electrons. The van der Waals surface area contributed by atoms with Gasteiger partial charge < -0.3 is 15.8 Å². The second-order valence-corrected chi connectivity index (χ2v) is 6.16. The molecule has 2 rings (SSSR count). The van der Waals surface area contributed by atoms with E-state index in [2.05, 4.69) is 37.0 Å². The van der Waals surface area contributed by atoms with E-state index >= 15 is 0 Å². The molecule has 0 saturated heterocycles. The molecule has 0 spiro atoms. The zero-order chi connectivity index (χ0) is 13.1. The largest absolute Gasteiger partial charge is 0.395 e. The first-order chi connectivity index (χ1) is 8.61. The summed E-state index contributed by atoms with van der Waals surface area (Å²) >= 11 is 1.62. The van der Waals surface area contributed by atoms with Crippen molar-refractivity contribution in [3.63, 3.8) is 0 Å². The lowest BCUT2D eigenvalue weighted by Crippen LogP contribution is -2.39. The number of fused-ring (bicyclic) bond motifs is 1. The van der Waals surface area contributed by atoms with Gasteiger partial charge in [0.1, 0.15) is 0 Å². The number of aromatic nitrogens is 1. The lowest BCUT2D eigenvalue weighted by molar-refractivity contribution is 0.269. The summed E-state index contributed by atoms with van der Waals surface area (Å²) in [5, 5.41) is 11.7. The van der Waals surface area contributed by atoms with Gasteiger partial charge in [0.2, 0.25) is 0 Å². The number of aromatic amines is 1. The average Bonchev–Trinajstić information content (AvgIpc) is 2.77. The second kappa shape index (κ2) is 5.78. The Hall–Kier alpha value is -0.970. The normalized spacial score (nSPS) is 15.2. The van der Waals surface area contributed by atoms with E-state index in [0.29, 0.717) is 5.92 Å². The number of benzene rings is 1. The summed E-state index contributed by atoms with van der Waals surface area (Å²) in [6, 6.07) is 10.3. The van der Waals surface area contributed by atoms with Crippen LogP contribution < -0.4 is 5.73 Å². The summed E-state index contributed by atoms with van der Waals surface area (Å²) < 4.78 is 0. The number of hydrogen-bond donors (Lipinski definition) is 3. The van der Waals surface area contributed by atoms with E-state index in [1.807, 2.05) is 12.1 Å². The lowest BCUT2D eigenvalue weighted by atomic mass is 10.0. The van der Waals surface area contributed by atoms with Crippen molar-refractivity contribution in [1.29, 1.82) is 0 Å². The van der Waals surface area contributed by atoms with Crippen LogP contribution >= 0.6 is 11.8 Å². The van der Waals surface area contributed by atoms with E-state index in [1.165, 1.54) is 5.39 Å². The van der Waals surface area contributed by atoms with Crippen molar-refractivity contribution < 1.29 is 5.11 Å². The average molecular weight is 264 g/mol. The van der Waals surface area contributed by atoms with Crippen molar-refractivity contribution >= 4 is 22.7 Å². The van der Waals surface area contributed by atoms with Crippen molar-refractivity contribution in [2.75, 3.05) is 6.61 Å². The fourth-order valence-corrected chi connectivity index (χ4v) is 3.18. The smallest absolute Gasteiger partial charge is 0.0736 e. The molecule has 98 valence electrons. The number of para-hydroxylation sites is 1. The van der Waals surface area contributed by atoms with Gasteiger partial charge in [-0.2, -0.15) is 0 Å². The van der Waals surface area contributed by atoms with Gasteiger partial charge in [0.05, 0.1) is 11.6 Å². The van der Waals surface area contributed by atoms with Gasteiger partial charge in [-0.1, -0.05) is 32.0 Å². The first-order valence-corrected chi connectivity index (χ1v) is 7.10. The molecule has 0 amide bonds. The Morgan fingerprint density at radius 1 is 1.33 bits per heavy atom. The Morgan fingerprint density at radius 3 is 2.67 bits per heavy atom. The highest BCUT2D eigenvalue weighted by Gasteiger charge is 2.21. The van der Waals surface area contributed by atoms with E-state index in [-0.39, 0.29) is 17.9 Å². The minimum atomic E-state index is -0.00795. The van der Waals surface area contributed by atoms with Gasteiger partial charge in [-0.25, -0.2) is 0 Å². The van der Waals surface area contributed by atoms with Gasteiger partial charge in [-0.05, 0) is 18.1 Å². The fourth-order valence-electron chi connectivity index (χ4n) is 1.94. The van der Waals surface area contributed by atoms with Gasteiger partial charge in [0.25, 0.3) is 0 Å². The van der Waals surface area contributed by atoms with Crippen LogP contribution in [0, 0.1) is 5.92 Å². The summed E-state index contributed by atoms with van der Waals surface area (Å²) in [4.78, 5) is 3.35. The van der Waals surface area contributed by atoms with Gasteiger partial charge in [-0.15, -0.1) is 11.8 Å². The van der Waals surface area contributed by atoms with E-state index in [1.54, 1.807) is 11.8 Å². The maximum Gasteiger partial charge on any atom is 0.0736 e. The van der Waals surface area contributed by atoms with Crippen LogP contribution in [0.25, 0.3) is 10.9 Å². The van der Waals surface area contributed by atoms with Crippen LogP contribution in [0.1, 0.15) is 13.8 Å². The van der Waals surface area contributed by atoms with Crippen molar-refractivity contribution in [3.05, 3.63) is 30.3 Å². The van der Waals surface area contributed by atoms with Crippen molar-refractivity contribution in [1.82, 2.24) is 4.98 Å². The van der Waals surface area contributed by atoms with Gasteiger partial charge in [0, 0.05) is 22.2 Å². The van der Waals surface area contributed by atoms with Crippen LogP contribution in [0.5, 0.6) is 0 Å². The molecule has 1 aromatic carbocycles. The Balaban J connectivity index is 2.16. The van der Waals surface area contributed by atoms with E-state index in [4.69, 9.17) is 5.73 Å². The summed E-state index contributed by atoms with van der Waals surface area (Å²) in [6.45, 7) is 4.26. The quantitative estimate of drug-likeness (QED) is 0.727. The third kappa shape index (κ3) is 2.88. The zero-order valence-corrected chi connectivity index (χ0v) is 11.6. The lowest BCUT2D eigenvalue weighted by Gasteiger charge is -2.24. The number of rotatable bonds is 5. The van der Waals surface area contributed by atoms with Crippen LogP contribution in [-0.2, 0) is 0 Å². The van der Waals surface area contributed by atoms with Crippen LogP contribution in [0.2, 0.25) is 0 Å². The number of hydrogen-bond acceptors (Lipinski definition) is 3. The summed E-state index contributed by atoms with van der Waals surface area (Å²) in [5.74, 6) is 0.360. The topological polar surface area (TPSA) is 62.0 Å². The number of nitrogens with two attached hydrogens (primary N) is 1. The molecule has 0 bridgehead atoms. The highest BCUT2D eigenvalue weighted by molar-refractivity contribution is 8.00. The third-order valence-corrected chi connectivity index (χ3v) is 4.40. The highest BCUT2D eigenvalue weighted by Crippen LogP contribution is 2.29. The number of nitrogens with one attached hydrogen (secondary N) is 1. The second-order valence-electron chi connectivity index (χ2n) is 4.88. The maximum atomic E-state index is 9.47. The molecule has 0 aliphatic rings. The summed E-state index contributed by atoms with van der Waals surface area (Å²) in [6.07, 6.45) is 0. The van der Waals surface area contributed by atoms with Crippen molar-refractivity contribution in [2.24, 2.45) is 11.7 Å². The van der Waals surface area contributed by atoms with Crippen LogP contribution in [-0.4, -0.2) is 28.0 Å². The van der Waals surface area contributed by atoms with Crippen LogP contribution in [0.3, 0.4) is 0 Å². The molecule has 4 N–H and O–H groups in total. The molecular formula is C14H20N2OS. The van der Waals surface area contributed by atoms with Crippen LogP contribution in [0.15, 0.2) is 35.4 Å². The molecule has 0 aliphatic carbocycles. The van der Waals surface area contributed by atoms with E-state index < -0.39 is 0 Å². The third-order valence-electron chi connectivity index (χ3n) is 3.16. The van der Waals surface area contributed by atoms with Crippen molar-refractivity contribution in [2.45, 2.75) is 30.2 Å². The molecule has 0 aliphatic heterocycles. The predicted molar refractivity (Wildman–Crippen MR) is 77.8 cm³/mol. The number of aliphatic hydroxyl groups excluding tert-OH is 1. The molecular weight excluding hydrogens is 244 g/mol. The summed E-state index contributed by atoms with van der Waals surface area (Å²) in [5.41, 5.74) is 7.24. The fraction of sp³-hybridized carbons (Fsp3) is 0.429. The zero-order valence-electron chi connectivity index (χ0n) is 10.8. The maximum absolute atomic E-state index is 9.47. The SMILES string of the molecule is CC(C)C(N)C(CO)Sc1cc2ccccc2[nH]1. The number of thioether (sulfide) groups is 1. The summed E-state index contributed by atoms with van der Waals surface area (Å²) in [7, 11) is 0.